The van der Waals surface area contributed by atoms with Gasteiger partial charge in [0.1, 0.15) is 5.69 Å². The fourth-order valence-electron chi connectivity index (χ4n) is 2.45. The Labute approximate surface area is 135 Å². The summed E-state index contributed by atoms with van der Waals surface area (Å²) in [7, 11) is 0. The zero-order chi connectivity index (χ0) is 15.7. The molecule has 0 saturated carbocycles. The fraction of sp³-hybridized carbons (Fsp3) is 0.200. The third-order valence-electron chi connectivity index (χ3n) is 3.46. The monoisotopic (exact) mass is 336 g/mol. The number of carboxylic acids is 1. The summed E-state index contributed by atoms with van der Waals surface area (Å²) >= 11 is 7.18. The number of aromatic nitrogens is 2. The third kappa shape index (κ3) is 2.80. The van der Waals surface area contributed by atoms with E-state index in [0.29, 0.717) is 24.5 Å². The first-order valence-corrected chi connectivity index (χ1v) is 7.93. The van der Waals surface area contributed by atoms with Gasteiger partial charge in [-0.1, -0.05) is 22.9 Å². The predicted octanol–water partition coefficient (Wildman–Crippen LogP) is 3.31. The van der Waals surface area contributed by atoms with E-state index < -0.39 is 5.97 Å². The number of aryl methyl sites for hydroxylation is 2. The maximum atomic E-state index is 12.1. The standard InChI is InChI=1S/C15H13ClN2O3S/c16-10-4-5-13-12(9-10)18(15(21)22-13)8-2-7-17-6-1-3-11(17)14(19)20/h1,3-6,9H,2,7-8H2,(H,19,20). The third-order valence-corrected chi connectivity index (χ3v) is 4.65. The van der Waals surface area contributed by atoms with Crippen molar-refractivity contribution in [2.45, 2.75) is 19.5 Å². The van der Waals surface area contributed by atoms with Gasteiger partial charge in [0.05, 0.1) is 10.2 Å². The minimum Gasteiger partial charge on any atom is -0.477 e. The lowest BCUT2D eigenvalue weighted by Gasteiger charge is -2.07. The molecule has 0 fully saturated rings. The van der Waals surface area contributed by atoms with Crippen LogP contribution in [-0.4, -0.2) is 20.2 Å². The molecule has 0 aliphatic carbocycles. The zero-order valence-electron chi connectivity index (χ0n) is 11.5. The number of carboxylic acid groups (broad SMARTS) is 1. The average molecular weight is 337 g/mol. The van der Waals surface area contributed by atoms with Crippen molar-refractivity contribution in [3.8, 4) is 0 Å². The molecule has 0 aliphatic heterocycles. The SMILES string of the molecule is O=C(O)c1cccn1CCCn1c(=O)sc2ccc(Cl)cc21. The molecule has 0 bridgehead atoms. The number of carbonyl (C=O) groups is 1. The number of aromatic carboxylic acids is 1. The van der Waals surface area contributed by atoms with Gasteiger partial charge in [-0.05, 0) is 36.8 Å². The van der Waals surface area contributed by atoms with E-state index >= 15 is 0 Å². The zero-order valence-corrected chi connectivity index (χ0v) is 13.1. The number of thiazole rings is 1. The summed E-state index contributed by atoms with van der Waals surface area (Å²) in [5.41, 5.74) is 1.08. The lowest BCUT2D eigenvalue weighted by molar-refractivity contribution is 0.0685. The molecule has 0 aliphatic rings. The van der Waals surface area contributed by atoms with Gasteiger partial charge in [0.25, 0.3) is 0 Å². The van der Waals surface area contributed by atoms with Crippen molar-refractivity contribution in [2.75, 3.05) is 0 Å². The summed E-state index contributed by atoms with van der Waals surface area (Å²) in [5, 5.41) is 9.66. The maximum absolute atomic E-state index is 12.1. The number of benzene rings is 1. The number of halogens is 1. The maximum Gasteiger partial charge on any atom is 0.352 e. The highest BCUT2D eigenvalue weighted by molar-refractivity contribution is 7.16. The van der Waals surface area contributed by atoms with Crippen LogP contribution in [0.3, 0.4) is 0 Å². The quantitative estimate of drug-likeness (QED) is 0.777. The first-order valence-electron chi connectivity index (χ1n) is 6.73. The van der Waals surface area contributed by atoms with Crippen LogP contribution in [0.15, 0.2) is 41.3 Å². The van der Waals surface area contributed by atoms with Gasteiger partial charge in [-0.15, -0.1) is 0 Å². The van der Waals surface area contributed by atoms with Gasteiger partial charge in [0.2, 0.25) is 0 Å². The van der Waals surface area contributed by atoms with E-state index in [1.165, 1.54) is 11.3 Å². The molecule has 7 heteroatoms. The first-order chi connectivity index (χ1) is 10.6. The molecular formula is C15H13ClN2O3S. The average Bonchev–Trinajstić information content (AvgIpc) is 3.04. The smallest absolute Gasteiger partial charge is 0.352 e. The second-order valence-electron chi connectivity index (χ2n) is 4.88. The van der Waals surface area contributed by atoms with E-state index in [9.17, 15) is 9.59 Å². The van der Waals surface area contributed by atoms with E-state index in [0.717, 1.165) is 10.2 Å². The Hall–Kier alpha value is -2.05. The normalized spacial score (nSPS) is 11.1. The minimum atomic E-state index is -0.949. The highest BCUT2D eigenvalue weighted by Gasteiger charge is 2.10. The number of hydrogen-bond donors (Lipinski definition) is 1. The van der Waals surface area contributed by atoms with E-state index in [1.54, 1.807) is 39.6 Å². The van der Waals surface area contributed by atoms with Gasteiger partial charge in [-0.3, -0.25) is 9.36 Å². The Morgan fingerprint density at radius 2 is 2.09 bits per heavy atom. The molecule has 1 aromatic carbocycles. The van der Waals surface area contributed by atoms with Gasteiger partial charge in [-0.2, -0.15) is 0 Å². The van der Waals surface area contributed by atoms with Gasteiger partial charge >= 0.3 is 10.8 Å². The summed E-state index contributed by atoms with van der Waals surface area (Å²) in [5.74, 6) is -0.949. The molecule has 0 radical (unpaired) electrons. The lowest BCUT2D eigenvalue weighted by atomic mass is 10.3. The molecule has 3 aromatic rings. The van der Waals surface area contributed by atoms with Gasteiger partial charge in [0, 0.05) is 24.3 Å². The summed E-state index contributed by atoms with van der Waals surface area (Å²) in [6, 6.07) is 8.66. The number of hydrogen-bond acceptors (Lipinski definition) is 3. The van der Waals surface area contributed by atoms with Crippen LogP contribution in [0.25, 0.3) is 10.2 Å². The summed E-state index contributed by atoms with van der Waals surface area (Å²) in [4.78, 5) is 23.1. The van der Waals surface area contributed by atoms with E-state index in [-0.39, 0.29) is 10.6 Å². The lowest BCUT2D eigenvalue weighted by Crippen LogP contribution is -2.15. The Kier molecular flexibility index (Phi) is 4.04. The molecule has 22 heavy (non-hydrogen) atoms. The predicted molar refractivity (Wildman–Crippen MR) is 87.1 cm³/mol. The van der Waals surface area contributed by atoms with Crippen LogP contribution >= 0.6 is 22.9 Å². The van der Waals surface area contributed by atoms with Crippen LogP contribution in [0.4, 0.5) is 0 Å². The van der Waals surface area contributed by atoms with Crippen LogP contribution < -0.4 is 4.87 Å². The second-order valence-corrected chi connectivity index (χ2v) is 6.31. The molecular weight excluding hydrogens is 324 g/mol. The molecule has 5 nitrogen and oxygen atoms in total. The minimum absolute atomic E-state index is 0.0248. The van der Waals surface area contributed by atoms with E-state index in [4.69, 9.17) is 16.7 Å². The molecule has 2 aromatic heterocycles. The van der Waals surface area contributed by atoms with Crippen molar-refractivity contribution < 1.29 is 9.90 Å². The first kappa shape index (κ1) is 14.9. The number of rotatable bonds is 5. The van der Waals surface area contributed by atoms with Crippen molar-refractivity contribution in [2.24, 2.45) is 0 Å². The van der Waals surface area contributed by atoms with Crippen molar-refractivity contribution >= 4 is 39.1 Å². The van der Waals surface area contributed by atoms with Crippen LogP contribution in [0, 0.1) is 0 Å². The fourth-order valence-corrected chi connectivity index (χ4v) is 3.51. The Bertz CT molecular complexity index is 894. The molecule has 0 amide bonds. The second kappa shape index (κ2) is 5.98. The summed E-state index contributed by atoms with van der Waals surface area (Å²) in [6.07, 6.45) is 2.39. The van der Waals surface area contributed by atoms with Gasteiger partial charge in [-0.25, -0.2) is 4.79 Å². The molecule has 0 spiro atoms. The van der Waals surface area contributed by atoms with Crippen molar-refractivity contribution in [1.29, 1.82) is 0 Å². The molecule has 0 saturated heterocycles. The van der Waals surface area contributed by atoms with Crippen LogP contribution in [0.5, 0.6) is 0 Å². The van der Waals surface area contributed by atoms with Crippen molar-refractivity contribution in [1.82, 2.24) is 9.13 Å². The summed E-state index contributed by atoms with van der Waals surface area (Å²) in [6.45, 7) is 1.06. The van der Waals surface area contributed by atoms with Crippen LogP contribution in [0.2, 0.25) is 5.02 Å². The van der Waals surface area contributed by atoms with Crippen molar-refractivity contribution in [3.05, 3.63) is 56.9 Å². The summed E-state index contributed by atoms with van der Waals surface area (Å²) < 4.78 is 4.27. The topological polar surface area (TPSA) is 64.2 Å². The van der Waals surface area contributed by atoms with Gasteiger partial charge in [0.15, 0.2) is 0 Å². The molecule has 1 N–H and O–H groups in total. The Balaban J connectivity index is 1.78. The van der Waals surface area contributed by atoms with E-state index in [1.807, 2.05) is 6.07 Å². The molecule has 3 rings (SSSR count). The largest absolute Gasteiger partial charge is 0.477 e. The highest BCUT2D eigenvalue weighted by atomic mass is 35.5. The molecule has 0 atom stereocenters. The molecule has 114 valence electrons. The van der Waals surface area contributed by atoms with Crippen LogP contribution in [0.1, 0.15) is 16.9 Å². The van der Waals surface area contributed by atoms with Crippen LogP contribution in [-0.2, 0) is 13.1 Å². The van der Waals surface area contributed by atoms with Gasteiger partial charge < -0.3 is 9.67 Å². The highest BCUT2D eigenvalue weighted by Crippen LogP contribution is 2.21. The molecule has 2 heterocycles. The Morgan fingerprint density at radius 1 is 1.27 bits per heavy atom. The molecule has 0 unspecified atom stereocenters. The number of nitrogens with zero attached hydrogens (tertiary/aromatic N) is 2. The Morgan fingerprint density at radius 3 is 2.86 bits per heavy atom. The van der Waals surface area contributed by atoms with Crippen molar-refractivity contribution in [3.63, 3.8) is 0 Å². The number of fused-ring (bicyclic) bond motifs is 1. The van der Waals surface area contributed by atoms with E-state index in [2.05, 4.69) is 0 Å².